The van der Waals surface area contributed by atoms with Crippen LogP contribution < -0.4 is 0 Å². The van der Waals surface area contributed by atoms with Gasteiger partial charge in [-0.15, -0.1) is 0 Å². The molecule has 2 N–H and O–H groups in total. The molecule has 104 valence electrons. The Labute approximate surface area is 110 Å². The molecule has 1 rings (SSSR count). The van der Waals surface area contributed by atoms with Gasteiger partial charge in [0.1, 0.15) is 11.9 Å². The van der Waals surface area contributed by atoms with Gasteiger partial charge in [0, 0.05) is 6.54 Å². The lowest BCUT2D eigenvalue weighted by Gasteiger charge is -2.23. The summed E-state index contributed by atoms with van der Waals surface area (Å²) < 4.78 is 13.0. The number of carbonyl (C=O) groups is 2. The molecule has 5 nitrogen and oxygen atoms in total. The normalized spacial score (nSPS) is 12.4. The molecule has 0 heterocycles. The summed E-state index contributed by atoms with van der Waals surface area (Å²) in [4.78, 5) is 23.0. The average Bonchev–Trinajstić information content (AvgIpc) is 2.32. The number of halogens is 1. The van der Waals surface area contributed by atoms with Gasteiger partial charge >= 0.3 is 11.9 Å². The number of rotatable bonds is 7. The quantitative estimate of drug-likeness (QED) is 0.778. The number of hydrogen-bond donors (Lipinski definition) is 2. The molecule has 0 spiro atoms. The van der Waals surface area contributed by atoms with Gasteiger partial charge in [0.2, 0.25) is 0 Å². The molecule has 0 saturated heterocycles. The molecule has 1 unspecified atom stereocenters. The van der Waals surface area contributed by atoms with Crippen molar-refractivity contribution in [2.75, 3.05) is 13.6 Å². The maximum atomic E-state index is 13.0. The van der Waals surface area contributed by atoms with Crippen LogP contribution in [0.2, 0.25) is 0 Å². The van der Waals surface area contributed by atoms with Crippen LogP contribution in [0.25, 0.3) is 0 Å². The van der Waals surface area contributed by atoms with Crippen molar-refractivity contribution in [1.29, 1.82) is 0 Å². The van der Waals surface area contributed by atoms with Crippen molar-refractivity contribution < 1.29 is 24.2 Å². The van der Waals surface area contributed by atoms with Crippen molar-refractivity contribution in [3.05, 3.63) is 35.6 Å². The highest BCUT2D eigenvalue weighted by molar-refractivity contribution is 5.80. The van der Waals surface area contributed by atoms with E-state index in [4.69, 9.17) is 10.2 Å². The van der Waals surface area contributed by atoms with Crippen LogP contribution in [0.1, 0.15) is 12.0 Å². The molecule has 6 heteroatoms. The fourth-order valence-corrected chi connectivity index (χ4v) is 1.75. The van der Waals surface area contributed by atoms with Crippen molar-refractivity contribution in [3.63, 3.8) is 0 Å². The molecule has 0 aliphatic heterocycles. The lowest BCUT2D eigenvalue weighted by molar-refractivity contribution is -0.149. The second-order valence-corrected chi connectivity index (χ2v) is 4.31. The number of carboxylic acid groups (broad SMARTS) is 2. The molecule has 1 atom stereocenters. The highest BCUT2D eigenvalue weighted by atomic mass is 19.1. The van der Waals surface area contributed by atoms with E-state index < -0.39 is 24.4 Å². The first-order chi connectivity index (χ1) is 8.90. The maximum Gasteiger partial charge on any atom is 0.321 e. The van der Waals surface area contributed by atoms with Crippen LogP contribution in [-0.2, 0) is 16.0 Å². The van der Waals surface area contributed by atoms with Gasteiger partial charge < -0.3 is 10.2 Å². The van der Waals surface area contributed by atoms with E-state index in [0.29, 0.717) is 13.0 Å². The molecular formula is C13H16FNO4. The molecule has 0 amide bonds. The fraction of sp³-hybridized carbons (Fsp3) is 0.385. The third-order valence-corrected chi connectivity index (χ3v) is 2.83. The number of nitrogens with zero attached hydrogens (tertiary/aromatic N) is 1. The van der Waals surface area contributed by atoms with E-state index in [0.717, 1.165) is 5.56 Å². The first-order valence-corrected chi connectivity index (χ1v) is 5.79. The zero-order valence-corrected chi connectivity index (χ0v) is 10.5. The molecule has 0 aliphatic carbocycles. The number of benzene rings is 1. The van der Waals surface area contributed by atoms with Gasteiger partial charge in [-0.2, -0.15) is 0 Å². The number of likely N-dealkylation sites (N-methyl/N-ethyl adjacent to an activating group) is 1. The summed E-state index contributed by atoms with van der Waals surface area (Å²) in [7, 11) is 1.54. The Morgan fingerprint density at radius 2 is 2.05 bits per heavy atom. The van der Waals surface area contributed by atoms with Crippen molar-refractivity contribution >= 4 is 11.9 Å². The smallest absolute Gasteiger partial charge is 0.321 e. The zero-order valence-electron chi connectivity index (χ0n) is 10.5. The van der Waals surface area contributed by atoms with E-state index in [1.807, 2.05) is 0 Å². The Hall–Kier alpha value is -1.95. The van der Waals surface area contributed by atoms with Gasteiger partial charge in [0.25, 0.3) is 0 Å². The second kappa shape index (κ2) is 6.84. The summed E-state index contributed by atoms with van der Waals surface area (Å²) in [5, 5.41) is 17.6. The lowest BCUT2D eigenvalue weighted by Crippen LogP contribution is -2.41. The van der Waals surface area contributed by atoms with Crippen LogP contribution in [0, 0.1) is 5.82 Å². The van der Waals surface area contributed by atoms with E-state index in [1.54, 1.807) is 19.2 Å². The van der Waals surface area contributed by atoms with E-state index in [2.05, 4.69) is 0 Å². The summed E-state index contributed by atoms with van der Waals surface area (Å²) in [6.07, 6.45) is -0.00730. The molecule has 0 aromatic heterocycles. The third kappa shape index (κ3) is 5.05. The van der Waals surface area contributed by atoms with E-state index >= 15 is 0 Å². The summed E-state index contributed by atoms with van der Waals surface area (Å²) in [5.74, 6) is -2.69. The summed E-state index contributed by atoms with van der Waals surface area (Å²) in [6, 6.07) is 4.95. The van der Waals surface area contributed by atoms with Gasteiger partial charge in [0.15, 0.2) is 0 Å². The van der Waals surface area contributed by atoms with Crippen LogP contribution in [0.4, 0.5) is 4.39 Å². The van der Waals surface area contributed by atoms with Crippen LogP contribution in [0.3, 0.4) is 0 Å². The Morgan fingerprint density at radius 3 is 2.58 bits per heavy atom. The molecular weight excluding hydrogens is 253 g/mol. The molecule has 0 saturated carbocycles. The van der Waals surface area contributed by atoms with Crippen molar-refractivity contribution in [3.8, 4) is 0 Å². The highest BCUT2D eigenvalue weighted by Crippen LogP contribution is 2.08. The van der Waals surface area contributed by atoms with E-state index in [-0.39, 0.29) is 5.82 Å². The van der Waals surface area contributed by atoms with Crippen molar-refractivity contribution in [2.24, 2.45) is 0 Å². The topological polar surface area (TPSA) is 77.8 Å². The molecule has 0 aliphatic rings. The summed E-state index contributed by atoms with van der Waals surface area (Å²) in [5.41, 5.74) is 0.742. The van der Waals surface area contributed by atoms with Gasteiger partial charge in [-0.1, -0.05) is 12.1 Å². The van der Waals surface area contributed by atoms with Crippen LogP contribution >= 0.6 is 0 Å². The minimum Gasteiger partial charge on any atom is -0.481 e. The molecule has 0 fully saturated rings. The third-order valence-electron chi connectivity index (χ3n) is 2.83. The lowest BCUT2D eigenvalue weighted by atomic mass is 10.1. The summed E-state index contributed by atoms with van der Waals surface area (Å²) in [6.45, 7) is 0.341. The zero-order chi connectivity index (χ0) is 14.4. The summed E-state index contributed by atoms with van der Waals surface area (Å²) >= 11 is 0. The van der Waals surface area contributed by atoms with Gasteiger partial charge in [-0.3, -0.25) is 14.5 Å². The number of carboxylic acids is 2. The average molecular weight is 269 g/mol. The standard InChI is InChI=1S/C13H16FNO4/c1-15(11(13(18)19)8-12(16)17)6-5-9-3-2-4-10(14)7-9/h2-4,7,11H,5-6,8H2,1H3,(H,16,17)(H,18,19). The van der Waals surface area contributed by atoms with Gasteiger partial charge in [-0.05, 0) is 31.2 Å². The van der Waals surface area contributed by atoms with E-state index in [9.17, 15) is 14.0 Å². The molecule has 0 radical (unpaired) electrons. The Morgan fingerprint density at radius 1 is 1.37 bits per heavy atom. The molecule has 1 aromatic rings. The SMILES string of the molecule is CN(CCc1cccc(F)c1)C(CC(=O)O)C(=O)O. The Bertz CT molecular complexity index is 464. The second-order valence-electron chi connectivity index (χ2n) is 4.31. The number of hydrogen-bond acceptors (Lipinski definition) is 3. The first kappa shape index (κ1) is 15.1. The minimum atomic E-state index is -1.18. The Balaban J connectivity index is 2.59. The predicted octanol–water partition coefficient (Wildman–Crippen LogP) is 1.23. The van der Waals surface area contributed by atoms with E-state index in [1.165, 1.54) is 17.0 Å². The monoisotopic (exact) mass is 269 g/mol. The molecule has 1 aromatic carbocycles. The van der Waals surface area contributed by atoms with Crippen molar-refractivity contribution in [2.45, 2.75) is 18.9 Å². The van der Waals surface area contributed by atoms with Crippen LogP contribution in [0.5, 0.6) is 0 Å². The minimum absolute atomic E-state index is 0.341. The van der Waals surface area contributed by atoms with Gasteiger partial charge in [-0.25, -0.2) is 4.39 Å². The fourth-order valence-electron chi connectivity index (χ4n) is 1.75. The number of aliphatic carboxylic acids is 2. The van der Waals surface area contributed by atoms with Crippen LogP contribution in [0.15, 0.2) is 24.3 Å². The van der Waals surface area contributed by atoms with Gasteiger partial charge in [0.05, 0.1) is 6.42 Å². The highest BCUT2D eigenvalue weighted by Gasteiger charge is 2.25. The Kier molecular flexibility index (Phi) is 5.44. The first-order valence-electron chi connectivity index (χ1n) is 5.79. The van der Waals surface area contributed by atoms with Crippen LogP contribution in [-0.4, -0.2) is 46.7 Å². The van der Waals surface area contributed by atoms with Crippen molar-refractivity contribution in [1.82, 2.24) is 4.90 Å². The predicted molar refractivity (Wildman–Crippen MR) is 66.4 cm³/mol. The largest absolute Gasteiger partial charge is 0.481 e. The molecule has 19 heavy (non-hydrogen) atoms. The maximum absolute atomic E-state index is 13.0. The molecule has 0 bridgehead atoms.